The molecule has 0 unspecified atom stereocenters. The Kier molecular flexibility index (Phi) is 8.03. The third kappa shape index (κ3) is 7.00. The predicted molar refractivity (Wildman–Crippen MR) is 103 cm³/mol. The number of methoxy groups -OCH3 is 2. The topological polar surface area (TPSA) is 35.5 Å². The molecule has 130 valence electrons. The Morgan fingerprint density at radius 1 is 1.00 bits per heavy atom. The molecule has 0 radical (unpaired) electrons. The Bertz CT molecular complexity index is 719. The van der Waals surface area contributed by atoms with Crippen LogP contribution in [-0.2, 0) is 9.53 Å². The number of carbonyl (C=O) groups is 1. The van der Waals surface area contributed by atoms with E-state index in [1.54, 1.807) is 7.11 Å². The van der Waals surface area contributed by atoms with E-state index < -0.39 is 0 Å². The quantitative estimate of drug-likeness (QED) is 0.293. The van der Waals surface area contributed by atoms with Gasteiger partial charge in [-0.25, -0.2) is 0 Å². The summed E-state index contributed by atoms with van der Waals surface area (Å²) in [6.07, 6.45) is 6.33. The van der Waals surface area contributed by atoms with Crippen molar-refractivity contribution in [3.05, 3.63) is 77.9 Å². The molecular weight excluding hydrogens is 379 g/mol. The van der Waals surface area contributed by atoms with E-state index in [0.29, 0.717) is 15.0 Å². The van der Waals surface area contributed by atoms with E-state index in [9.17, 15) is 4.79 Å². The van der Waals surface area contributed by atoms with Crippen molar-refractivity contribution in [1.82, 2.24) is 0 Å². The van der Waals surface area contributed by atoms with Crippen LogP contribution in [-0.4, -0.2) is 35.1 Å². The van der Waals surface area contributed by atoms with Crippen LogP contribution in [0.2, 0.25) is 5.32 Å². The molecule has 2 aromatic carbocycles. The number of rotatable bonds is 8. The molecule has 0 aliphatic rings. The van der Waals surface area contributed by atoms with Gasteiger partial charge < -0.3 is 0 Å². The number of hydrogen-bond donors (Lipinski definition) is 0. The second kappa shape index (κ2) is 10.5. The summed E-state index contributed by atoms with van der Waals surface area (Å²) in [6, 6.07) is 18.4. The number of ether oxygens (including phenoxy) is 2. The molecule has 0 saturated heterocycles. The Hall–Kier alpha value is -2.29. The van der Waals surface area contributed by atoms with Crippen LogP contribution in [0.5, 0.6) is 5.75 Å². The van der Waals surface area contributed by atoms with Crippen molar-refractivity contribution < 1.29 is 14.3 Å². The fraction of sp³-hybridized carbons (Fsp3) is 0.190. The second-order valence-electron chi connectivity index (χ2n) is 5.26. The van der Waals surface area contributed by atoms with Crippen LogP contribution < -0.4 is 9.20 Å². The monoisotopic (exact) mass is 402 g/mol. The van der Waals surface area contributed by atoms with Crippen molar-refractivity contribution in [2.75, 3.05) is 14.2 Å². The molecule has 0 aliphatic carbocycles. The van der Waals surface area contributed by atoms with Gasteiger partial charge in [-0.1, -0.05) is 0 Å². The van der Waals surface area contributed by atoms with Crippen LogP contribution in [0.15, 0.2) is 72.3 Å². The van der Waals surface area contributed by atoms with Crippen molar-refractivity contribution in [2.45, 2.75) is 11.7 Å². The minimum atomic E-state index is -0.339. The molecule has 0 saturated carbocycles. The summed E-state index contributed by atoms with van der Waals surface area (Å²) in [5.41, 5.74) is 2.19. The molecule has 4 heteroatoms. The van der Waals surface area contributed by atoms with Gasteiger partial charge in [0.15, 0.2) is 0 Å². The predicted octanol–water partition coefficient (Wildman–Crippen LogP) is 3.65. The average molecular weight is 401 g/mol. The number of carbonyl (C=O) groups excluding carboxylic acids is 1. The van der Waals surface area contributed by atoms with Crippen LogP contribution in [0.25, 0.3) is 6.08 Å². The molecule has 0 aromatic heterocycles. The minimum absolute atomic E-state index is 0.339. The van der Waals surface area contributed by atoms with Gasteiger partial charge in [-0.2, -0.15) is 0 Å². The molecule has 2 rings (SSSR count). The molecule has 0 bridgehead atoms. The summed E-state index contributed by atoms with van der Waals surface area (Å²) in [4.78, 5) is 11.4. The molecule has 0 N–H and O–H groups in total. The zero-order valence-corrected chi connectivity index (χ0v) is 16.2. The maximum atomic E-state index is 11.4. The average Bonchev–Trinajstić information content (AvgIpc) is 2.67. The summed E-state index contributed by atoms with van der Waals surface area (Å²) in [5, 5.41) is 1.07. The molecule has 25 heavy (non-hydrogen) atoms. The summed E-state index contributed by atoms with van der Waals surface area (Å²) in [6.45, 7) is 0. The summed E-state index contributed by atoms with van der Waals surface area (Å²) in [5.74, 6) is 0.491. The second-order valence-corrected chi connectivity index (χ2v) is 7.71. The first-order valence-electron chi connectivity index (χ1n) is 8.00. The Morgan fingerprint density at radius 2 is 1.72 bits per heavy atom. The normalized spacial score (nSPS) is 11.5. The van der Waals surface area contributed by atoms with E-state index >= 15 is 0 Å². The molecule has 0 spiro atoms. The van der Waals surface area contributed by atoms with Gasteiger partial charge in [0.1, 0.15) is 0 Å². The van der Waals surface area contributed by atoms with Gasteiger partial charge in [-0.3, -0.25) is 0 Å². The third-order valence-electron chi connectivity index (χ3n) is 3.51. The molecule has 0 aliphatic heterocycles. The van der Waals surface area contributed by atoms with E-state index in [0.717, 1.165) is 28.6 Å². The van der Waals surface area contributed by atoms with Gasteiger partial charge in [-0.05, 0) is 0 Å². The van der Waals surface area contributed by atoms with E-state index in [1.807, 2.05) is 36.4 Å². The van der Waals surface area contributed by atoms with Crippen molar-refractivity contribution in [3.63, 3.8) is 0 Å². The number of esters is 1. The van der Waals surface area contributed by atoms with E-state index in [2.05, 4.69) is 35.1 Å². The molecule has 0 fully saturated rings. The van der Waals surface area contributed by atoms with Crippen molar-refractivity contribution in [1.29, 1.82) is 0 Å². The van der Waals surface area contributed by atoms with E-state index in [4.69, 9.17) is 4.74 Å². The summed E-state index contributed by atoms with van der Waals surface area (Å²) in [7, 11) is 3.04. The fourth-order valence-corrected chi connectivity index (χ4v) is 4.10. The van der Waals surface area contributed by atoms with E-state index in [-0.39, 0.29) is 5.97 Å². The summed E-state index contributed by atoms with van der Waals surface area (Å²) < 4.78 is 11.3. The first-order chi connectivity index (χ1) is 12.2. The number of hydrogen-bond acceptors (Lipinski definition) is 3. The van der Waals surface area contributed by atoms with Crippen LogP contribution in [0, 0.1) is 0 Å². The first kappa shape index (κ1) is 19.0. The third-order valence-corrected chi connectivity index (χ3v) is 5.63. The maximum absolute atomic E-state index is 11.4. The molecule has 0 amide bonds. The van der Waals surface area contributed by atoms with Crippen molar-refractivity contribution >= 4 is 31.5 Å². The zero-order chi connectivity index (χ0) is 17.9. The molecule has 0 atom stereocenters. The zero-order valence-electron chi connectivity index (χ0n) is 14.5. The fourth-order valence-electron chi connectivity index (χ4n) is 2.16. The SMILES string of the molecule is COC(=O)/C=C/C(=C/c1ccc(OC)cc1)CC[Se]c1ccccc1. The van der Waals surface area contributed by atoms with Gasteiger partial charge in [0.25, 0.3) is 0 Å². The molecule has 3 nitrogen and oxygen atoms in total. The molecular formula is C21H22O3Se. The van der Waals surface area contributed by atoms with E-state index in [1.165, 1.54) is 17.6 Å². The van der Waals surface area contributed by atoms with Crippen molar-refractivity contribution in [3.8, 4) is 5.75 Å². The van der Waals surface area contributed by atoms with Crippen LogP contribution >= 0.6 is 0 Å². The standard InChI is InChI=1S/C21H22O3Se/c1-23-19-11-8-17(9-12-19)16-18(10-13-21(22)24-2)14-15-25-20-6-4-3-5-7-20/h3-13,16H,14-15H2,1-2H3/b13-10+,18-16-. The molecule has 0 heterocycles. The van der Waals surface area contributed by atoms with Gasteiger partial charge >= 0.3 is 155 Å². The van der Waals surface area contributed by atoms with Gasteiger partial charge in [0.05, 0.1) is 0 Å². The summed E-state index contributed by atoms with van der Waals surface area (Å²) >= 11 is 0.416. The Labute approximate surface area is 155 Å². The first-order valence-corrected chi connectivity index (χ1v) is 10.1. The van der Waals surface area contributed by atoms with Crippen LogP contribution in [0.1, 0.15) is 12.0 Å². The van der Waals surface area contributed by atoms with Crippen LogP contribution in [0.3, 0.4) is 0 Å². The molecule has 2 aromatic rings. The number of allylic oxidation sites excluding steroid dienone is 2. The van der Waals surface area contributed by atoms with Gasteiger partial charge in [0, 0.05) is 0 Å². The van der Waals surface area contributed by atoms with Crippen molar-refractivity contribution in [2.24, 2.45) is 0 Å². The number of benzene rings is 2. The van der Waals surface area contributed by atoms with Gasteiger partial charge in [0.2, 0.25) is 0 Å². The van der Waals surface area contributed by atoms with Gasteiger partial charge in [-0.15, -0.1) is 0 Å². The Balaban J connectivity index is 2.06. The van der Waals surface area contributed by atoms with Crippen LogP contribution in [0.4, 0.5) is 0 Å². The Morgan fingerprint density at radius 3 is 2.36 bits per heavy atom.